The van der Waals surface area contributed by atoms with Crippen LogP contribution in [0.1, 0.15) is 0 Å². The van der Waals surface area contributed by atoms with E-state index in [1.54, 1.807) is 0 Å². The Labute approximate surface area is 82.4 Å². The molecule has 5 N–H and O–H groups in total. The van der Waals surface area contributed by atoms with Crippen molar-refractivity contribution in [2.75, 3.05) is 12.3 Å². The molecule has 0 aliphatic carbocycles. The predicted octanol–water partition coefficient (Wildman–Crippen LogP) is -2.01. The van der Waals surface area contributed by atoms with Gasteiger partial charge in [0.2, 0.25) is 5.95 Å². The smallest absolute Gasteiger partial charge is 0.327 e. The van der Waals surface area contributed by atoms with Crippen LogP contribution in [0, 0.1) is 0 Å². The zero-order chi connectivity index (χ0) is 11.0. The van der Waals surface area contributed by atoms with Gasteiger partial charge in [-0.3, -0.25) is 19.3 Å². The molecular weight excluding hydrogens is 202 g/mol. The van der Waals surface area contributed by atoms with E-state index in [9.17, 15) is 9.59 Å². The number of nitrogen functional groups attached to an aromatic ring is 1. The molecule has 2 rings (SSSR count). The third kappa shape index (κ3) is 1.40. The summed E-state index contributed by atoms with van der Waals surface area (Å²) in [5.74, 6) is -0.0649. The van der Waals surface area contributed by atoms with Crippen molar-refractivity contribution in [2.24, 2.45) is 0 Å². The summed E-state index contributed by atoms with van der Waals surface area (Å²) in [5, 5.41) is 8.74. The number of H-pyrrole nitrogens is 2. The molecule has 0 aliphatic rings. The average molecular weight is 211 g/mol. The molecule has 0 unspecified atom stereocenters. The minimum Gasteiger partial charge on any atom is -0.395 e. The number of nitrogens with zero attached hydrogens (tertiary/aromatic N) is 2. The average Bonchev–Trinajstić information content (AvgIpc) is 2.43. The lowest BCUT2D eigenvalue weighted by atomic mass is 10.5. The van der Waals surface area contributed by atoms with Crippen molar-refractivity contribution < 1.29 is 5.11 Å². The molecule has 0 saturated carbocycles. The summed E-state index contributed by atoms with van der Waals surface area (Å²) in [6.07, 6.45) is 0. The van der Waals surface area contributed by atoms with E-state index in [2.05, 4.69) is 15.0 Å². The molecule has 2 aromatic heterocycles. The molecule has 0 atom stereocenters. The molecule has 0 saturated heterocycles. The van der Waals surface area contributed by atoms with E-state index in [0.29, 0.717) is 0 Å². The Morgan fingerprint density at radius 1 is 1.40 bits per heavy atom. The summed E-state index contributed by atoms with van der Waals surface area (Å²) in [6, 6.07) is 0. The summed E-state index contributed by atoms with van der Waals surface area (Å²) in [7, 11) is 0. The van der Waals surface area contributed by atoms with Crippen molar-refractivity contribution in [3.63, 3.8) is 0 Å². The maximum atomic E-state index is 11.5. The van der Waals surface area contributed by atoms with E-state index in [0.717, 1.165) is 4.57 Å². The number of nitrogens with one attached hydrogen (secondary N) is 2. The lowest BCUT2D eigenvalue weighted by Crippen LogP contribution is -2.22. The Hall–Kier alpha value is -2.09. The number of nitrogens with two attached hydrogens (primary N) is 1. The van der Waals surface area contributed by atoms with Crippen molar-refractivity contribution in [3.8, 4) is 0 Å². The van der Waals surface area contributed by atoms with Crippen LogP contribution in [0.5, 0.6) is 0 Å². The molecule has 8 nitrogen and oxygen atoms in total. The second-order valence-electron chi connectivity index (χ2n) is 2.95. The number of fused-ring (bicyclic) bond motifs is 1. The van der Waals surface area contributed by atoms with Gasteiger partial charge in [0.15, 0.2) is 11.2 Å². The van der Waals surface area contributed by atoms with Gasteiger partial charge in [0.1, 0.15) is 0 Å². The highest BCUT2D eigenvalue weighted by Gasteiger charge is 2.11. The number of rotatable bonds is 2. The van der Waals surface area contributed by atoms with E-state index in [1.807, 2.05) is 0 Å². The minimum absolute atomic E-state index is 0.0352. The number of imidazole rings is 1. The van der Waals surface area contributed by atoms with Gasteiger partial charge in [0.25, 0.3) is 5.56 Å². The van der Waals surface area contributed by atoms with Crippen LogP contribution in [0.15, 0.2) is 9.59 Å². The molecule has 0 amide bonds. The quantitative estimate of drug-likeness (QED) is 0.456. The number of aromatic amines is 2. The molecule has 0 aliphatic heterocycles. The molecule has 0 fully saturated rings. The van der Waals surface area contributed by atoms with Crippen LogP contribution >= 0.6 is 0 Å². The van der Waals surface area contributed by atoms with Gasteiger partial charge < -0.3 is 10.8 Å². The van der Waals surface area contributed by atoms with Crippen molar-refractivity contribution in [2.45, 2.75) is 6.54 Å². The van der Waals surface area contributed by atoms with E-state index < -0.39 is 11.2 Å². The summed E-state index contributed by atoms with van der Waals surface area (Å²) in [4.78, 5) is 31.2. The highest BCUT2D eigenvalue weighted by molar-refractivity contribution is 5.70. The number of anilines is 1. The Morgan fingerprint density at radius 2 is 2.13 bits per heavy atom. The molecule has 0 radical (unpaired) electrons. The monoisotopic (exact) mass is 211 g/mol. The van der Waals surface area contributed by atoms with E-state index in [1.165, 1.54) is 0 Å². The summed E-state index contributed by atoms with van der Waals surface area (Å²) in [5.41, 5.74) is 4.51. The van der Waals surface area contributed by atoms with Gasteiger partial charge in [0, 0.05) is 0 Å². The molecule has 15 heavy (non-hydrogen) atoms. The number of aliphatic hydroxyl groups excluding tert-OH is 1. The van der Waals surface area contributed by atoms with E-state index in [-0.39, 0.29) is 30.3 Å². The number of hydrogen-bond acceptors (Lipinski definition) is 5. The summed E-state index contributed by atoms with van der Waals surface area (Å²) in [6.45, 7) is -0.204. The lowest BCUT2D eigenvalue weighted by Gasteiger charge is -1.98. The Morgan fingerprint density at radius 3 is 2.80 bits per heavy atom. The van der Waals surface area contributed by atoms with Gasteiger partial charge in [-0.2, -0.15) is 4.98 Å². The summed E-state index contributed by atoms with van der Waals surface area (Å²) < 4.78 is 1.11. The van der Waals surface area contributed by atoms with Gasteiger partial charge in [-0.1, -0.05) is 0 Å². The number of aliphatic hydroxyl groups is 1. The second kappa shape index (κ2) is 3.24. The zero-order valence-electron chi connectivity index (χ0n) is 7.65. The molecular formula is C7H9N5O3. The van der Waals surface area contributed by atoms with Crippen molar-refractivity contribution in [3.05, 3.63) is 20.8 Å². The van der Waals surface area contributed by atoms with Crippen LogP contribution in [-0.2, 0) is 6.54 Å². The first-order chi connectivity index (χ1) is 7.13. The van der Waals surface area contributed by atoms with E-state index >= 15 is 0 Å². The SMILES string of the molecule is Nc1nc2[nH]c(=O)n(CCO)c2c(=O)[nH]1. The third-order valence-electron chi connectivity index (χ3n) is 1.98. The second-order valence-corrected chi connectivity index (χ2v) is 2.95. The molecule has 0 aromatic carbocycles. The fraction of sp³-hybridized carbons (Fsp3) is 0.286. The van der Waals surface area contributed by atoms with Gasteiger partial charge >= 0.3 is 5.69 Å². The van der Waals surface area contributed by atoms with Gasteiger partial charge in [-0.25, -0.2) is 4.79 Å². The molecule has 8 heteroatoms. The first kappa shape index (κ1) is 9.46. The highest BCUT2D eigenvalue weighted by atomic mass is 16.3. The first-order valence-electron chi connectivity index (χ1n) is 4.22. The third-order valence-corrected chi connectivity index (χ3v) is 1.98. The van der Waals surface area contributed by atoms with Crippen LogP contribution in [0.25, 0.3) is 11.2 Å². The first-order valence-corrected chi connectivity index (χ1v) is 4.22. The number of hydrogen-bond donors (Lipinski definition) is 4. The van der Waals surface area contributed by atoms with Crippen LogP contribution in [-0.4, -0.2) is 31.2 Å². The summed E-state index contributed by atoms with van der Waals surface area (Å²) >= 11 is 0. The standard InChI is InChI=1S/C7H9N5O3/c8-6-9-4-3(5(14)11-6)12(1-2-13)7(15)10-4/h13H,1-2H2,(H4,8,9,10,11,14,15). The van der Waals surface area contributed by atoms with Crippen LogP contribution in [0.3, 0.4) is 0 Å². The van der Waals surface area contributed by atoms with Gasteiger partial charge in [0.05, 0.1) is 13.2 Å². The van der Waals surface area contributed by atoms with Crippen molar-refractivity contribution >= 4 is 17.1 Å². The molecule has 0 spiro atoms. The fourth-order valence-electron chi connectivity index (χ4n) is 1.41. The van der Waals surface area contributed by atoms with Crippen LogP contribution < -0.4 is 17.0 Å². The Kier molecular flexibility index (Phi) is 2.05. The molecule has 80 valence electrons. The van der Waals surface area contributed by atoms with Gasteiger partial charge in [-0.05, 0) is 0 Å². The molecule has 0 bridgehead atoms. The van der Waals surface area contributed by atoms with Crippen molar-refractivity contribution in [1.82, 2.24) is 19.5 Å². The minimum atomic E-state index is -0.510. The fourth-order valence-corrected chi connectivity index (χ4v) is 1.41. The largest absolute Gasteiger partial charge is 0.395 e. The highest BCUT2D eigenvalue weighted by Crippen LogP contribution is 2.01. The van der Waals surface area contributed by atoms with E-state index in [4.69, 9.17) is 10.8 Å². The predicted molar refractivity (Wildman–Crippen MR) is 52.5 cm³/mol. The van der Waals surface area contributed by atoms with Crippen LogP contribution in [0.2, 0.25) is 0 Å². The maximum Gasteiger partial charge on any atom is 0.327 e. The topological polar surface area (TPSA) is 130 Å². The van der Waals surface area contributed by atoms with Crippen LogP contribution in [0.4, 0.5) is 5.95 Å². The zero-order valence-corrected chi connectivity index (χ0v) is 7.65. The maximum absolute atomic E-state index is 11.5. The van der Waals surface area contributed by atoms with Crippen molar-refractivity contribution in [1.29, 1.82) is 0 Å². The lowest BCUT2D eigenvalue weighted by molar-refractivity contribution is 0.276. The Balaban J connectivity index is 2.87. The van der Waals surface area contributed by atoms with Gasteiger partial charge in [-0.15, -0.1) is 0 Å². The molecule has 2 heterocycles. The number of aromatic nitrogens is 4. The normalized spacial score (nSPS) is 11.0. The molecule has 2 aromatic rings. The Bertz CT molecular complexity index is 607.